The molecule has 0 N–H and O–H groups in total. The van der Waals surface area contributed by atoms with Crippen LogP contribution in [0.1, 0.15) is 13.3 Å². The Hall–Kier alpha value is -0.0800. The molecular formula is C7H15NO. The van der Waals surface area contributed by atoms with Gasteiger partial charge in [0.25, 0.3) is 0 Å². The molecule has 0 aromatic carbocycles. The van der Waals surface area contributed by atoms with Crippen molar-refractivity contribution in [2.75, 3.05) is 26.7 Å². The van der Waals surface area contributed by atoms with Gasteiger partial charge >= 0.3 is 0 Å². The fraction of sp³-hybridized carbons (Fsp3) is 1.00. The molecule has 1 fully saturated rings. The van der Waals surface area contributed by atoms with Crippen LogP contribution in [0.2, 0.25) is 0 Å². The molecule has 1 atom stereocenters. The van der Waals surface area contributed by atoms with Crippen LogP contribution in [0.5, 0.6) is 0 Å². The lowest BCUT2D eigenvalue weighted by Gasteiger charge is -2.11. The molecule has 2 heteroatoms. The third-order valence-electron chi connectivity index (χ3n) is 1.77. The van der Waals surface area contributed by atoms with Crippen LogP contribution in [0.15, 0.2) is 0 Å². The van der Waals surface area contributed by atoms with Gasteiger partial charge in [0.2, 0.25) is 0 Å². The summed E-state index contributed by atoms with van der Waals surface area (Å²) in [5.74, 6) is 0. The SMILES string of the molecule is CCN(C)CCC1CO1. The first-order chi connectivity index (χ1) is 4.33. The molecule has 0 aromatic rings. The van der Waals surface area contributed by atoms with Gasteiger partial charge in [-0.05, 0) is 20.0 Å². The normalized spacial score (nSPS) is 25.0. The van der Waals surface area contributed by atoms with Gasteiger partial charge in [0.15, 0.2) is 0 Å². The summed E-state index contributed by atoms with van der Waals surface area (Å²) in [6, 6.07) is 0. The van der Waals surface area contributed by atoms with Crippen molar-refractivity contribution in [1.82, 2.24) is 4.90 Å². The third-order valence-corrected chi connectivity index (χ3v) is 1.77. The minimum absolute atomic E-state index is 0.596. The van der Waals surface area contributed by atoms with Crippen molar-refractivity contribution in [2.24, 2.45) is 0 Å². The predicted molar refractivity (Wildman–Crippen MR) is 37.5 cm³/mol. The minimum atomic E-state index is 0.596. The Balaban J connectivity index is 1.90. The van der Waals surface area contributed by atoms with E-state index in [1.54, 1.807) is 0 Å². The molecule has 0 aliphatic carbocycles. The van der Waals surface area contributed by atoms with Crippen LogP contribution in [-0.2, 0) is 4.74 Å². The van der Waals surface area contributed by atoms with Gasteiger partial charge in [-0.25, -0.2) is 0 Å². The molecule has 1 aliphatic heterocycles. The van der Waals surface area contributed by atoms with E-state index >= 15 is 0 Å². The lowest BCUT2D eigenvalue weighted by atomic mass is 10.3. The van der Waals surface area contributed by atoms with Gasteiger partial charge in [-0.3, -0.25) is 0 Å². The van der Waals surface area contributed by atoms with Gasteiger partial charge in [0.05, 0.1) is 12.7 Å². The molecule has 1 heterocycles. The van der Waals surface area contributed by atoms with Crippen LogP contribution < -0.4 is 0 Å². The highest BCUT2D eigenvalue weighted by atomic mass is 16.6. The Morgan fingerprint density at radius 3 is 2.78 bits per heavy atom. The van der Waals surface area contributed by atoms with Gasteiger partial charge in [-0.1, -0.05) is 6.92 Å². The molecule has 2 nitrogen and oxygen atoms in total. The molecule has 1 aliphatic rings. The van der Waals surface area contributed by atoms with E-state index in [1.807, 2.05) is 0 Å². The van der Waals surface area contributed by atoms with Gasteiger partial charge in [-0.15, -0.1) is 0 Å². The lowest BCUT2D eigenvalue weighted by Crippen LogP contribution is -2.19. The first-order valence-electron chi connectivity index (χ1n) is 3.63. The predicted octanol–water partition coefficient (Wildman–Crippen LogP) is 0.727. The van der Waals surface area contributed by atoms with Crippen LogP contribution in [0.3, 0.4) is 0 Å². The number of epoxide rings is 1. The smallest absolute Gasteiger partial charge is 0.0822 e. The van der Waals surface area contributed by atoms with E-state index < -0.39 is 0 Å². The number of nitrogens with zero attached hydrogens (tertiary/aromatic N) is 1. The zero-order chi connectivity index (χ0) is 6.69. The summed E-state index contributed by atoms with van der Waals surface area (Å²) in [5, 5.41) is 0. The first-order valence-corrected chi connectivity index (χ1v) is 3.63. The molecule has 54 valence electrons. The molecule has 0 saturated carbocycles. The number of hydrogen-bond acceptors (Lipinski definition) is 2. The van der Waals surface area contributed by atoms with E-state index in [0.717, 1.165) is 13.2 Å². The lowest BCUT2D eigenvalue weighted by molar-refractivity contribution is 0.313. The molecule has 0 spiro atoms. The molecule has 1 rings (SSSR count). The zero-order valence-corrected chi connectivity index (χ0v) is 6.26. The van der Waals surface area contributed by atoms with E-state index in [0.29, 0.717) is 6.10 Å². The molecule has 0 bridgehead atoms. The second-order valence-electron chi connectivity index (χ2n) is 2.64. The first kappa shape index (κ1) is 7.03. The fourth-order valence-electron chi connectivity index (χ4n) is 0.757. The van der Waals surface area contributed by atoms with E-state index in [1.165, 1.54) is 13.0 Å². The third kappa shape index (κ3) is 2.82. The largest absolute Gasteiger partial charge is 0.373 e. The summed E-state index contributed by atoms with van der Waals surface area (Å²) < 4.78 is 5.08. The summed E-state index contributed by atoms with van der Waals surface area (Å²) in [4.78, 5) is 2.31. The van der Waals surface area contributed by atoms with Gasteiger partial charge < -0.3 is 9.64 Å². The van der Waals surface area contributed by atoms with Crippen molar-refractivity contribution in [2.45, 2.75) is 19.4 Å². The molecule has 1 saturated heterocycles. The molecule has 0 radical (unpaired) electrons. The van der Waals surface area contributed by atoms with Crippen molar-refractivity contribution in [3.05, 3.63) is 0 Å². The number of rotatable bonds is 4. The van der Waals surface area contributed by atoms with E-state index in [-0.39, 0.29) is 0 Å². The van der Waals surface area contributed by atoms with Crippen molar-refractivity contribution in [3.63, 3.8) is 0 Å². The highest BCUT2D eigenvalue weighted by Gasteiger charge is 2.21. The summed E-state index contributed by atoms with van der Waals surface area (Å²) in [6.45, 7) is 5.50. The molecule has 9 heavy (non-hydrogen) atoms. The van der Waals surface area contributed by atoms with Crippen LogP contribution in [0.25, 0.3) is 0 Å². The van der Waals surface area contributed by atoms with Crippen LogP contribution in [0, 0.1) is 0 Å². The van der Waals surface area contributed by atoms with Gasteiger partial charge in [0.1, 0.15) is 0 Å². The average Bonchev–Trinajstić information content (AvgIpc) is 2.65. The molecule has 0 aromatic heterocycles. The van der Waals surface area contributed by atoms with Crippen molar-refractivity contribution in [3.8, 4) is 0 Å². The average molecular weight is 129 g/mol. The standard InChI is InChI=1S/C7H15NO/c1-3-8(2)5-4-7-6-9-7/h7H,3-6H2,1-2H3. The summed E-state index contributed by atoms with van der Waals surface area (Å²) in [7, 11) is 2.14. The summed E-state index contributed by atoms with van der Waals surface area (Å²) in [6.07, 6.45) is 1.81. The Bertz CT molecular complexity index is 81.0. The maximum atomic E-state index is 5.08. The Morgan fingerprint density at radius 1 is 1.67 bits per heavy atom. The van der Waals surface area contributed by atoms with Crippen LogP contribution in [0.4, 0.5) is 0 Å². The van der Waals surface area contributed by atoms with Crippen LogP contribution >= 0.6 is 0 Å². The fourth-order valence-corrected chi connectivity index (χ4v) is 0.757. The van der Waals surface area contributed by atoms with E-state index in [2.05, 4.69) is 18.9 Å². The van der Waals surface area contributed by atoms with Gasteiger partial charge in [-0.2, -0.15) is 0 Å². The maximum absolute atomic E-state index is 5.08. The molecule has 1 unspecified atom stereocenters. The zero-order valence-electron chi connectivity index (χ0n) is 6.26. The Kier molecular flexibility index (Phi) is 2.49. The van der Waals surface area contributed by atoms with Crippen molar-refractivity contribution in [1.29, 1.82) is 0 Å². The van der Waals surface area contributed by atoms with Gasteiger partial charge in [0, 0.05) is 6.54 Å². The minimum Gasteiger partial charge on any atom is -0.373 e. The topological polar surface area (TPSA) is 15.8 Å². The quantitative estimate of drug-likeness (QED) is 0.520. The Labute approximate surface area is 56.8 Å². The van der Waals surface area contributed by atoms with Crippen molar-refractivity contribution < 1.29 is 4.74 Å². The monoisotopic (exact) mass is 129 g/mol. The summed E-state index contributed by atoms with van der Waals surface area (Å²) >= 11 is 0. The molecule has 0 amide bonds. The highest BCUT2D eigenvalue weighted by Crippen LogP contribution is 2.12. The molecular weight excluding hydrogens is 114 g/mol. The second-order valence-corrected chi connectivity index (χ2v) is 2.64. The number of ether oxygens (including phenoxy) is 1. The van der Waals surface area contributed by atoms with Crippen molar-refractivity contribution >= 4 is 0 Å². The Morgan fingerprint density at radius 2 is 2.33 bits per heavy atom. The summed E-state index contributed by atoms with van der Waals surface area (Å²) in [5.41, 5.74) is 0. The second kappa shape index (κ2) is 3.18. The highest BCUT2D eigenvalue weighted by molar-refractivity contribution is 4.69. The maximum Gasteiger partial charge on any atom is 0.0822 e. The number of hydrogen-bond donors (Lipinski definition) is 0. The van der Waals surface area contributed by atoms with E-state index in [4.69, 9.17) is 4.74 Å². The van der Waals surface area contributed by atoms with E-state index in [9.17, 15) is 0 Å². The van der Waals surface area contributed by atoms with Crippen LogP contribution in [-0.4, -0.2) is 37.7 Å².